The van der Waals surface area contributed by atoms with Crippen LogP contribution in [0, 0.1) is 5.82 Å². The molecule has 0 atom stereocenters. The fourth-order valence-electron chi connectivity index (χ4n) is 0.839. The lowest BCUT2D eigenvalue weighted by Crippen LogP contribution is -2.02. The Hall–Kier alpha value is -1.24. The van der Waals surface area contributed by atoms with Crippen molar-refractivity contribution in [2.75, 3.05) is 0 Å². The molecule has 2 nitrogen and oxygen atoms in total. The molecule has 1 aromatic carbocycles. The highest BCUT2D eigenvalue weighted by molar-refractivity contribution is 8.00. The molecule has 7 heteroatoms. The Labute approximate surface area is 85.9 Å². The summed E-state index contributed by atoms with van der Waals surface area (Å²) in [5, 5.41) is 8.49. The lowest BCUT2D eigenvalue weighted by atomic mass is 10.2. The predicted molar refractivity (Wildman–Crippen MR) is 45.3 cm³/mol. The second-order valence-electron chi connectivity index (χ2n) is 2.50. The number of hydrogen-bond acceptors (Lipinski definition) is 2. The molecule has 0 unspecified atom stereocenters. The number of carbonyl (C=O) groups is 1. The summed E-state index contributed by atoms with van der Waals surface area (Å²) in [6.07, 6.45) is 0. The van der Waals surface area contributed by atoms with Gasteiger partial charge in [-0.1, -0.05) is 0 Å². The number of thioether (sulfide) groups is 1. The fraction of sp³-hybridized carbons (Fsp3) is 0.125. The second kappa shape index (κ2) is 4.09. The number of benzene rings is 1. The van der Waals surface area contributed by atoms with Crippen molar-refractivity contribution in [2.24, 2.45) is 0 Å². The van der Waals surface area contributed by atoms with Gasteiger partial charge in [-0.25, -0.2) is 9.18 Å². The van der Waals surface area contributed by atoms with E-state index in [9.17, 15) is 22.4 Å². The van der Waals surface area contributed by atoms with Gasteiger partial charge in [0.1, 0.15) is 5.82 Å². The summed E-state index contributed by atoms with van der Waals surface area (Å²) in [7, 11) is 0. The first-order chi connectivity index (χ1) is 6.79. The van der Waals surface area contributed by atoms with Crippen LogP contribution in [0.5, 0.6) is 0 Å². The Morgan fingerprint density at radius 1 is 1.33 bits per heavy atom. The Kier molecular flexibility index (Phi) is 3.23. The molecule has 0 aliphatic heterocycles. The molecule has 15 heavy (non-hydrogen) atoms. The lowest BCUT2D eigenvalue weighted by molar-refractivity contribution is -0.0329. The molecule has 0 saturated heterocycles. The molecule has 0 heterocycles. The van der Waals surface area contributed by atoms with Gasteiger partial charge in [0.15, 0.2) is 0 Å². The average Bonchev–Trinajstić information content (AvgIpc) is 2.06. The molecule has 0 amide bonds. The molecule has 1 rings (SSSR count). The van der Waals surface area contributed by atoms with Crippen LogP contribution in [0.15, 0.2) is 23.1 Å². The van der Waals surface area contributed by atoms with Gasteiger partial charge in [-0.3, -0.25) is 0 Å². The third kappa shape index (κ3) is 3.43. The van der Waals surface area contributed by atoms with Crippen molar-refractivity contribution in [2.45, 2.75) is 10.4 Å². The van der Waals surface area contributed by atoms with Crippen LogP contribution in [0.4, 0.5) is 17.6 Å². The van der Waals surface area contributed by atoms with Crippen molar-refractivity contribution in [3.63, 3.8) is 0 Å². The third-order valence-electron chi connectivity index (χ3n) is 1.40. The summed E-state index contributed by atoms with van der Waals surface area (Å²) in [6, 6.07) is 2.24. The van der Waals surface area contributed by atoms with Gasteiger partial charge in [0, 0.05) is 0 Å². The molecule has 1 N–H and O–H groups in total. The lowest BCUT2D eigenvalue weighted by Gasteiger charge is -2.06. The summed E-state index contributed by atoms with van der Waals surface area (Å²) in [5.41, 5.74) is -5.03. The van der Waals surface area contributed by atoms with E-state index in [1.54, 1.807) is 0 Å². The normalized spacial score (nSPS) is 11.5. The van der Waals surface area contributed by atoms with E-state index < -0.39 is 34.0 Å². The van der Waals surface area contributed by atoms with Crippen LogP contribution in [0.1, 0.15) is 10.4 Å². The highest BCUT2D eigenvalue weighted by Gasteiger charge is 2.31. The summed E-state index contributed by atoms with van der Waals surface area (Å²) in [6.45, 7) is 0. The molecule has 0 aliphatic rings. The Bertz CT molecular complexity index is 389. The summed E-state index contributed by atoms with van der Waals surface area (Å²) >= 11 is -0.679. The van der Waals surface area contributed by atoms with E-state index in [0.29, 0.717) is 12.1 Å². The predicted octanol–water partition coefficient (Wildman–Crippen LogP) is 3.14. The number of aromatic carboxylic acids is 1. The van der Waals surface area contributed by atoms with Crippen LogP contribution in [0.3, 0.4) is 0 Å². The van der Waals surface area contributed by atoms with Gasteiger partial charge in [-0.2, -0.15) is 13.2 Å². The first kappa shape index (κ1) is 11.8. The first-order valence-electron chi connectivity index (χ1n) is 3.58. The highest BCUT2D eigenvalue weighted by Crippen LogP contribution is 2.38. The monoisotopic (exact) mass is 240 g/mol. The molecule has 0 fully saturated rings. The largest absolute Gasteiger partial charge is 0.478 e. The summed E-state index contributed by atoms with van der Waals surface area (Å²) < 4.78 is 48.6. The zero-order valence-corrected chi connectivity index (χ0v) is 7.82. The van der Waals surface area contributed by atoms with Crippen molar-refractivity contribution >= 4 is 17.7 Å². The minimum Gasteiger partial charge on any atom is -0.478 e. The molecule has 1 aromatic rings. The number of hydrogen-bond donors (Lipinski definition) is 1. The van der Waals surface area contributed by atoms with Crippen LogP contribution < -0.4 is 0 Å². The quantitative estimate of drug-likeness (QED) is 0.637. The van der Waals surface area contributed by atoms with Crippen molar-refractivity contribution < 1.29 is 27.5 Å². The van der Waals surface area contributed by atoms with Gasteiger partial charge in [-0.15, -0.1) is 0 Å². The van der Waals surface area contributed by atoms with Crippen LogP contribution >= 0.6 is 11.8 Å². The van der Waals surface area contributed by atoms with Gasteiger partial charge < -0.3 is 5.11 Å². The van der Waals surface area contributed by atoms with E-state index in [4.69, 9.17) is 5.11 Å². The molecular weight excluding hydrogens is 236 g/mol. The van der Waals surface area contributed by atoms with Gasteiger partial charge in [0.2, 0.25) is 0 Å². The van der Waals surface area contributed by atoms with Crippen LogP contribution in [0.25, 0.3) is 0 Å². The number of alkyl halides is 3. The number of rotatable bonds is 2. The molecule has 0 bridgehead atoms. The zero-order chi connectivity index (χ0) is 11.6. The van der Waals surface area contributed by atoms with Crippen molar-refractivity contribution in [1.29, 1.82) is 0 Å². The molecule has 0 aromatic heterocycles. The fourth-order valence-corrected chi connectivity index (χ4v) is 1.44. The number of carboxylic acid groups (broad SMARTS) is 1. The van der Waals surface area contributed by atoms with Gasteiger partial charge >= 0.3 is 11.5 Å². The maximum Gasteiger partial charge on any atom is 0.446 e. The molecule has 0 spiro atoms. The van der Waals surface area contributed by atoms with Crippen molar-refractivity contribution in [3.8, 4) is 0 Å². The summed E-state index contributed by atoms with van der Waals surface area (Å²) in [4.78, 5) is 9.67. The first-order valence-corrected chi connectivity index (χ1v) is 4.40. The van der Waals surface area contributed by atoms with E-state index in [0.717, 1.165) is 6.07 Å². The SMILES string of the molecule is O=C(O)c1ccc(F)c(SC(F)(F)F)c1. The molecule has 0 radical (unpaired) electrons. The maximum absolute atomic E-state index is 12.8. The zero-order valence-electron chi connectivity index (χ0n) is 7.01. The number of halogens is 4. The van der Waals surface area contributed by atoms with E-state index in [1.807, 2.05) is 0 Å². The third-order valence-corrected chi connectivity index (χ3v) is 2.17. The van der Waals surface area contributed by atoms with Crippen LogP contribution in [-0.4, -0.2) is 16.6 Å². The smallest absolute Gasteiger partial charge is 0.446 e. The van der Waals surface area contributed by atoms with E-state index in [-0.39, 0.29) is 5.56 Å². The topological polar surface area (TPSA) is 37.3 Å². The van der Waals surface area contributed by atoms with E-state index >= 15 is 0 Å². The van der Waals surface area contributed by atoms with Gasteiger partial charge in [0.25, 0.3) is 0 Å². The minimum absolute atomic E-state index is 0.386. The molecule has 0 aliphatic carbocycles. The van der Waals surface area contributed by atoms with Crippen LogP contribution in [-0.2, 0) is 0 Å². The summed E-state index contributed by atoms with van der Waals surface area (Å²) in [5.74, 6) is -2.50. The Morgan fingerprint density at radius 3 is 2.40 bits per heavy atom. The number of carboxylic acids is 1. The van der Waals surface area contributed by atoms with Gasteiger partial charge in [0.05, 0.1) is 10.5 Å². The Morgan fingerprint density at radius 2 is 1.93 bits per heavy atom. The maximum atomic E-state index is 12.8. The van der Waals surface area contributed by atoms with E-state index in [2.05, 4.69) is 0 Å². The second-order valence-corrected chi connectivity index (χ2v) is 3.61. The van der Waals surface area contributed by atoms with Crippen molar-refractivity contribution in [1.82, 2.24) is 0 Å². The van der Waals surface area contributed by atoms with Crippen molar-refractivity contribution in [3.05, 3.63) is 29.6 Å². The molecule has 0 saturated carbocycles. The standard InChI is InChI=1S/C8H4F4O2S/c9-5-2-1-4(7(13)14)3-6(5)15-8(10,11)12/h1-3H,(H,13,14). The minimum atomic E-state index is -4.64. The van der Waals surface area contributed by atoms with Crippen LogP contribution in [0.2, 0.25) is 0 Å². The molecular formula is C8H4F4O2S. The average molecular weight is 240 g/mol. The van der Waals surface area contributed by atoms with E-state index in [1.165, 1.54) is 0 Å². The van der Waals surface area contributed by atoms with Gasteiger partial charge in [-0.05, 0) is 30.0 Å². The highest BCUT2D eigenvalue weighted by atomic mass is 32.2. The molecule has 82 valence electrons. The Balaban J connectivity index is 3.06.